The molecule has 0 saturated heterocycles. The van der Waals surface area contributed by atoms with E-state index in [0.717, 1.165) is 6.42 Å². The van der Waals surface area contributed by atoms with Gasteiger partial charge in [0.15, 0.2) is 0 Å². The minimum Gasteiger partial charge on any atom is -0.340 e. The molecule has 1 aromatic heterocycles. The molecule has 1 aliphatic rings. The van der Waals surface area contributed by atoms with Gasteiger partial charge >= 0.3 is 0 Å². The lowest BCUT2D eigenvalue weighted by molar-refractivity contribution is 0.0879. The third kappa shape index (κ3) is 2.64. The molecule has 21 heavy (non-hydrogen) atoms. The number of halogens is 1. The maximum absolute atomic E-state index is 11.6. The first kappa shape index (κ1) is 13.7. The van der Waals surface area contributed by atoms with Crippen LogP contribution in [0.4, 0.5) is 11.5 Å². The normalized spacial score (nSPS) is 13.0. The van der Waals surface area contributed by atoms with Gasteiger partial charge in [-0.3, -0.25) is 14.9 Å². The molecular formula is C14H11BrN4O2. The maximum atomic E-state index is 11.6. The van der Waals surface area contributed by atoms with Crippen molar-refractivity contribution in [1.82, 2.24) is 15.3 Å². The summed E-state index contributed by atoms with van der Waals surface area (Å²) in [5.41, 5.74) is 1.45. The first-order valence-corrected chi connectivity index (χ1v) is 7.16. The van der Waals surface area contributed by atoms with Crippen LogP contribution in [0, 0.1) is 0 Å². The van der Waals surface area contributed by atoms with E-state index in [-0.39, 0.29) is 11.8 Å². The van der Waals surface area contributed by atoms with E-state index in [4.69, 9.17) is 0 Å². The topological polar surface area (TPSA) is 84.0 Å². The molecule has 3 rings (SSSR count). The van der Waals surface area contributed by atoms with Gasteiger partial charge in [-0.15, -0.1) is 0 Å². The van der Waals surface area contributed by atoms with Crippen molar-refractivity contribution in [3.8, 4) is 0 Å². The summed E-state index contributed by atoms with van der Waals surface area (Å²) in [5, 5.41) is 5.37. The average molecular weight is 347 g/mol. The number of amides is 2. The summed E-state index contributed by atoms with van der Waals surface area (Å²) in [7, 11) is 0. The Kier molecular flexibility index (Phi) is 3.42. The van der Waals surface area contributed by atoms with Gasteiger partial charge in [0, 0.05) is 18.2 Å². The number of benzene rings is 1. The van der Waals surface area contributed by atoms with Crippen molar-refractivity contribution in [2.24, 2.45) is 0 Å². The summed E-state index contributed by atoms with van der Waals surface area (Å²) in [6.07, 6.45) is 0.717. The molecule has 0 atom stereocenters. The molecule has 2 heterocycles. The molecule has 0 bridgehead atoms. The number of anilines is 2. The lowest BCUT2D eigenvalue weighted by Crippen LogP contribution is -2.19. The van der Waals surface area contributed by atoms with Gasteiger partial charge < -0.3 is 5.32 Å². The molecule has 0 aliphatic carbocycles. The van der Waals surface area contributed by atoms with Gasteiger partial charge in [-0.05, 0) is 34.1 Å². The maximum Gasteiger partial charge on any atom is 0.259 e. The van der Waals surface area contributed by atoms with Gasteiger partial charge in [-0.2, -0.15) is 0 Å². The third-order valence-electron chi connectivity index (χ3n) is 3.07. The molecular weight excluding hydrogens is 336 g/mol. The Balaban J connectivity index is 1.93. The molecule has 0 unspecified atom stereocenters. The van der Waals surface area contributed by atoms with Crippen LogP contribution in [0.2, 0.25) is 0 Å². The first-order chi connectivity index (χ1) is 10.1. The summed E-state index contributed by atoms with van der Waals surface area (Å²) in [4.78, 5) is 31.7. The van der Waals surface area contributed by atoms with Crippen LogP contribution in [0.3, 0.4) is 0 Å². The van der Waals surface area contributed by atoms with E-state index in [1.54, 1.807) is 24.3 Å². The number of aromatic nitrogens is 2. The number of hydrogen-bond donors (Lipinski definition) is 2. The standard InChI is InChI=1S/C14H11BrN4O2/c1-2-11-17-10(15)6-12(18-11)16-7-3-4-8-9(5-7)14(21)19-13(8)20/h3-6H,2H2,1H3,(H,16,17,18)(H,19,20,21). The van der Waals surface area contributed by atoms with Crippen molar-refractivity contribution in [3.63, 3.8) is 0 Å². The van der Waals surface area contributed by atoms with E-state index >= 15 is 0 Å². The zero-order chi connectivity index (χ0) is 15.0. The number of aryl methyl sites for hydroxylation is 1. The Morgan fingerprint density at radius 3 is 2.67 bits per heavy atom. The second kappa shape index (κ2) is 5.25. The largest absolute Gasteiger partial charge is 0.340 e. The predicted octanol–water partition coefficient (Wildman–Crippen LogP) is 2.43. The van der Waals surface area contributed by atoms with Crippen LogP contribution < -0.4 is 10.6 Å². The molecule has 0 fully saturated rings. The van der Waals surface area contributed by atoms with E-state index in [1.165, 1.54) is 0 Å². The monoisotopic (exact) mass is 346 g/mol. The number of nitrogens with zero attached hydrogens (tertiary/aromatic N) is 2. The van der Waals surface area contributed by atoms with Gasteiger partial charge in [-0.1, -0.05) is 6.92 Å². The minimum absolute atomic E-state index is 0.361. The second-order valence-electron chi connectivity index (χ2n) is 4.51. The van der Waals surface area contributed by atoms with E-state index in [1.807, 2.05) is 6.92 Å². The molecule has 2 aromatic rings. The van der Waals surface area contributed by atoms with Crippen molar-refractivity contribution in [2.45, 2.75) is 13.3 Å². The first-order valence-electron chi connectivity index (χ1n) is 6.37. The van der Waals surface area contributed by atoms with Crippen molar-refractivity contribution >= 4 is 39.2 Å². The van der Waals surface area contributed by atoms with Crippen LogP contribution in [-0.4, -0.2) is 21.8 Å². The Morgan fingerprint density at radius 2 is 1.90 bits per heavy atom. The highest BCUT2D eigenvalue weighted by Gasteiger charge is 2.26. The Morgan fingerprint density at radius 1 is 1.14 bits per heavy atom. The van der Waals surface area contributed by atoms with Crippen LogP contribution in [0.1, 0.15) is 33.5 Å². The Labute approximate surface area is 129 Å². The predicted molar refractivity (Wildman–Crippen MR) is 80.6 cm³/mol. The summed E-state index contributed by atoms with van der Waals surface area (Å²) >= 11 is 3.33. The average Bonchev–Trinajstić information content (AvgIpc) is 2.73. The molecule has 6 nitrogen and oxygen atoms in total. The van der Waals surface area contributed by atoms with E-state index in [9.17, 15) is 9.59 Å². The summed E-state index contributed by atoms with van der Waals surface area (Å²) in [5.74, 6) is 0.593. The SMILES string of the molecule is CCc1nc(Br)cc(Nc2ccc3c(c2)C(=O)NC3=O)n1. The third-order valence-corrected chi connectivity index (χ3v) is 3.47. The second-order valence-corrected chi connectivity index (χ2v) is 5.33. The minimum atomic E-state index is -0.378. The van der Waals surface area contributed by atoms with Crippen LogP contribution in [0.5, 0.6) is 0 Å². The highest BCUT2D eigenvalue weighted by Crippen LogP contribution is 2.23. The molecule has 106 valence electrons. The quantitative estimate of drug-likeness (QED) is 0.658. The van der Waals surface area contributed by atoms with Crippen LogP contribution >= 0.6 is 15.9 Å². The zero-order valence-electron chi connectivity index (χ0n) is 11.1. The van der Waals surface area contributed by atoms with Crippen LogP contribution in [0.25, 0.3) is 0 Å². The Hall–Kier alpha value is -2.28. The van der Waals surface area contributed by atoms with Gasteiger partial charge in [0.25, 0.3) is 11.8 Å². The molecule has 0 saturated carbocycles. The number of carbonyl (C=O) groups excluding carboxylic acids is 2. The van der Waals surface area contributed by atoms with Crippen LogP contribution in [0.15, 0.2) is 28.9 Å². The molecule has 2 amide bonds. The lowest BCUT2D eigenvalue weighted by atomic mass is 10.1. The van der Waals surface area contributed by atoms with Gasteiger partial charge in [0.1, 0.15) is 16.2 Å². The highest BCUT2D eigenvalue weighted by atomic mass is 79.9. The number of carbonyl (C=O) groups is 2. The summed E-state index contributed by atoms with van der Waals surface area (Å²) in [6, 6.07) is 6.74. The number of fused-ring (bicyclic) bond motifs is 1. The van der Waals surface area contributed by atoms with E-state index < -0.39 is 0 Å². The molecule has 1 aromatic carbocycles. The van der Waals surface area contributed by atoms with Gasteiger partial charge in [0.2, 0.25) is 0 Å². The van der Waals surface area contributed by atoms with Gasteiger partial charge in [0.05, 0.1) is 11.1 Å². The fourth-order valence-electron chi connectivity index (χ4n) is 2.08. The molecule has 1 aliphatic heterocycles. The fraction of sp³-hybridized carbons (Fsp3) is 0.143. The molecule has 2 N–H and O–H groups in total. The van der Waals surface area contributed by atoms with Gasteiger partial charge in [-0.25, -0.2) is 9.97 Å². The molecule has 0 radical (unpaired) electrons. The fourth-order valence-corrected chi connectivity index (χ4v) is 2.50. The lowest BCUT2D eigenvalue weighted by Gasteiger charge is -2.08. The van der Waals surface area contributed by atoms with Crippen molar-refractivity contribution in [2.75, 3.05) is 5.32 Å². The number of imide groups is 1. The van der Waals surface area contributed by atoms with Crippen molar-refractivity contribution in [3.05, 3.63) is 45.8 Å². The summed E-state index contributed by atoms with van der Waals surface area (Å²) < 4.78 is 0.686. The number of nitrogens with one attached hydrogen (secondary N) is 2. The molecule has 0 spiro atoms. The highest BCUT2D eigenvalue weighted by molar-refractivity contribution is 9.10. The van der Waals surface area contributed by atoms with Crippen LogP contribution in [-0.2, 0) is 6.42 Å². The zero-order valence-corrected chi connectivity index (χ0v) is 12.7. The number of rotatable bonds is 3. The van der Waals surface area contributed by atoms with E-state index in [2.05, 4.69) is 36.5 Å². The van der Waals surface area contributed by atoms with Crippen molar-refractivity contribution in [1.29, 1.82) is 0 Å². The Bertz CT molecular complexity index is 761. The smallest absolute Gasteiger partial charge is 0.259 e. The number of hydrogen-bond acceptors (Lipinski definition) is 5. The van der Waals surface area contributed by atoms with Crippen molar-refractivity contribution < 1.29 is 9.59 Å². The van der Waals surface area contributed by atoms with E-state index in [0.29, 0.717) is 33.1 Å². The molecule has 7 heteroatoms. The summed E-state index contributed by atoms with van der Waals surface area (Å²) in [6.45, 7) is 1.97.